The monoisotopic (exact) mass is 174 g/mol. The Bertz CT molecular complexity index is 271. The molecule has 0 aromatic rings. The summed E-state index contributed by atoms with van der Waals surface area (Å²) in [5.41, 5.74) is 0. The summed E-state index contributed by atoms with van der Waals surface area (Å²) in [5.74, 6) is 0. The van der Waals surface area contributed by atoms with E-state index in [9.17, 15) is 8.42 Å². The van der Waals surface area contributed by atoms with Crippen molar-refractivity contribution in [1.82, 2.24) is 4.72 Å². The molecular formula is C6H10N2O2S. The zero-order valence-corrected chi connectivity index (χ0v) is 7.22. The highest BCUT2D eigenvalue weighted by molar-refractivity contribution is 7.92. The van der Waals surface area contributed by atoms with Crippen molar-refractivity contribution in [3.05, 3.63) is 23.0 Å². The average Bonchev–Trinajstić information content (AvgIpc) is 1.81. The predicted molar refractivity (Wildman–Crippen MR) is 42.9 cm³/mol. The van der Waals surface area contributed by atoms with E-state index in [0.29, 0.717) is 0 Å². The molecule has 0 amide bonds. The third kappa shape index (κ3) is 5.58. The molecule has 0 aliphatic carbocycles. The molecule has 0 unspecified atom stereocenters. The number of nitrogens with zero attached hydrogens (tertiary/aromatic N) is 1. The molecule has 0 saturated heterocycles. The van der Waals surface area contributed by atoms with E-state index in [0.717, 1.165) is 11.6 Å². The van der Waals surface area contributed by atoms with Crippen LogP contribution < -0.4 is 4.72 Å². The Balaban J connectivity index is 4.28. The standard InChI is InChI=1S/C6H10N2O2S/c1-6(2)8-11(9,10)5-4-7-3/h4-6,8H,1-2H3/b5-4+. The van der Waals surface area contributed by atoms with Crippen LogP contribution in [0.1, 0.15) is 13.8 Å². The quantitative estimate of drug-likeness (QED) is 0.640. The van der Waals surface area contributed by atoms with Crippen molar-refractivity contribution in [2.75, 3.05) is 0 Å². The highest BCUT2D eigenvalue weighted by Gasteiger charge is 2.04. The van der Waals surface area contributed by atoms with E-state index in [2.05, 4.69) is 9.57 Å². The number of nitrogens with one attached hydrogen (secondary N) is 1. The van der Waals surface area contributed by atoms with E-state index in [1.807, 2.05) is 0 Å². The summed E-state index contributed by atoms with van der Waals surface area (Å²) >= 11 is 0. The van der Waals surface area contributed by atoms with Gasteiger partial charge in [-0.05, 0) is 13.8 Å². The van der Waals surface area contributed by atoms with Crippen LogP contribution in [0.4, 0.5) is 0 Å². The van der Waals surface area contributed by atoms with Crippen LogP contribution in [0, 0.1) is 6.57 Å². The lowest BCUT2D eigenvalue weighted by Gasteiger charge is -2.04. The first-order valence-corrected chi connectivity index (χ1v) is 4.58. The van der Waals surface area contributed by atoms with Crippen molar-refractivity contribution >= 4 is 10.0 Å². The molecule has 62 valence electrons. The van der Waals surface area contributed by atoms with Crippen LogP contribution in [0.2, 0.25) is 0 Å². The largest absolute Gasteiger partial charge is 0.245 e. The molecule has 0 aliphatic rings. The second-order valence-electron chi connectivity index (χ2n) is 2.23. The molecule has 11 heavy (non-hydrogen) atoms. The molecule has 0 radical (unpaired) electrons. The first-order valence-electron chi connectivity index (χ1n) is 3.03. The summed E-state index contributed by atoms with van der Waals surface area (Å²) in [5, 5.41) is 0.847. The maximum absolute atomic E-state index is 10.9. The van der Waals surface area contributed by atoms with Gasteiger partial charge in [-0.25, -0.2) is 18.0 Å². The van der Waals surface area contributed by atoms with Crippen LogP contribution in [0.3, 0.4) is 0 Å². The molecule has 5 heteroatoms. The van der Waals surface area contributed by atoms with Crippen LogP contribution >= 0.6 is 0 Å². The Kier molecular flexibility index (Phi) is 3.79. The number of sulfonamides is 1. The molecule has 1 N–H and O–H groups in total. The minimum absolute atomic E-state index is 0.143. The average molecular weight is 174 g/mol. The normalized spacial score (nSPS) is 12.2. The number of rotatable bonds is 3. The van der Waals surface area contributed by atoms with E-state index < -0.39 is 10.0 Å². The smallest absolute Gasteiger partial charge is 0.223 e. The summed E-state index contributed by atoms with van der Waals surface area (Å²) in [6.45, 7) is 9.73. The Hall–Kier alpha value is -0.860. The van der Waals surface area contributed by atoms with Gasteiger partial charge in [-0.1, -0.05) is 0 Å². The van der Waals surface area contributed by atoms with Gasteiger partial charge in [0.2, 0.25) is 10.0 Å². The zero-order valence-electron chi connectivity index (χ0n) is 6.40. The molecule has 0 bridgehead atoms. The summed E-state index contributed by atoms with van der Waals surface area (Å²) < 4.78 is 24.0. The predicted octanol–water partition coefficient (Wildman–Crippen LogP) is 0.705. The van der Waals surface area contributed by atoms with Crippen LogP contribution in [-0.2, 0) is 10.0 Å². The van der Waals surface area contributed by atoms with Gasteiger partial charge in [-0.3, -0.25) is 0 Å². The molecule has 4 nitrogen and oxygen atoms in total. The lowest BCUT2D eigenvalue weighted by Crippen LogP contribution is -2.28. The fourth-order valence-electron chi connectivity index (χ4n) is 0.478. The highest BCUT2D eigenvalue weighted by atomic mass is 32.2. The third-order valence-electron chi connectivity index (χ3n) is 0.715. The van der Waals surface area contributed by atoms with Crippen molar-refractivity contribution in [3.63, 3.8) is 0 Å². The van der Waals surface area contributed by atoms with Crippen molar-refractivity contribution in [2.24, 2.45) is 0 Å². The molecule has 0 aromatic heterocycles. The van der Waals surface area contributed by atoms with Gasteiger partial charge in [-0.2, -0.15) is 0 Å². The van der Waals surface area contributed by atoms with Gasteiger partial charge >= 0.3 is 0 Å². The summed E-state index contributed by atoms with van der Waals surface area (Å²) in [6.07, 6.45) is 0.907. The van der Waals surface area contributed by atoms with Gasteiger partial charge in [0.1, 0.15) is 0 Å². The van der Waals surface area contributed by atoms with Crippen molar-refractivity contribution in [2.45, 2.75) is 19.9 Å². The summed E-state index contributed by atoms with van der Waals surface area (Å²) in [4.78, 5) is 2.78. The molecule has 0 heterocycles. The van der Waals surface area contributed by atoms with E-state index in [4.69, 9.17) is 6.57 Å². The van der Waals surface area contributed by atoms with Gasteiger partial charge in [0.25, 0.3) is 0 Å². The Morgan fingerprint density at radius 3 is 2.45 bits per heavy atom. The first kappa shape index (κ1) is 10.1. The topological polar surface area (TPSA) is 50.5 Å². The van der Waals surface area contributed by atoms with Crippen molar-refractivity contribution in [1.29, 1.82) is 0 Å². The fraction of sp³-hybridized carbons (Fsp3) is 0.500. The third-order valence-corrected chi connectivity index (χ3v) is 1.99. The van der Waals surface area contributed by atoms with Gasteiger partial charge in [0, 0.05) is 11.4 Å². The Morgan fingerprint density at radius 2 is 2.09 bits per heavy atom. The van der Waals surface area contributed by atoms with Gasteiger partial charge < -0.3 is 0 Å². The number of hydrogen-bond donors (Lipinski definition) is 1. The van der Waals surface area contributed by atoms with Crippen LogP contribution in [0.5, 0.6) is 0 Å². The van der Waals surface area contributed by atoms with Crippen molar-refractivity contribution in [3.8, 4) is 0 Å². The molecule has 0 aromatic carbocycles. The van der Waals surface area contributed by atoms with E-state index in [1.54, 1.807) is 13.8 Å². The Morgan fingerprint density at radius 1 is 1.55 bits per heavy atom. The zero-order chi connectivity index (χ0) is 8.91. The van der Waals surface area contributed by atoms with Gasteiger partial charge in [-0.15, -0.1) is 0 Å². The van der Waals surface area contributed by atoms with E-state index in [1.165, 1.54) is 0 Å². The van der Waals surface area contributed by atoms with E-state index >= 15 is 0 Å². The van der Waals surface area contributed by atoms with Crippen LogP contribution in [0.15, 0.2) is 11.6 Å². The minimum atomic E-state index is -3.39. The molecular weight excluding hydrogens is 164 g/mol. The Labute approximate surface area is 66.8 Å². The van der Waals surface area contributed by atoms with Crippen LogP contribution in [0.25, 0.3) is 4.85 Å². The lowest BCUT2D eigenvalue weighted by molar-refractivity contribution is 0.579. The maximum atomic E-state index is 10.9. The molecule has 0 spiro atoms. The minimum Gasteiger partial charge on any atom is -0.245 e. The van der Waals surface area contributed by atoms with Gasteiger partial charge in [0.05, 0.1) is 6.57 Å². The molecule has 0 rings (SSSR count). The number of hydrogen-bond acceptors (Lipinski definition) is 2. The molecule has 0 fully saturated rings. The molecule has 0 saturated carbocycles. The summed E-state index contributed by atoms with van der Waals surface area (Å²) in [6, 6.07) is -0.143. The van der Waals surface area contributed by atoms with Crippen molar-refractivity contribution < 1.29 is 8.42 Å². The summed E-state index contributed by atoms with van der Waals surface area (Å²) in [7, 11) is -3.39. The second kappa shape index (κ2) is 4.11. The van der Waals surface area contributed by atoms with Crippen LogP contribution in [-0.4, -0.2) is 14.5 Å². The maximum Gasteiger partial charge on any atom is 0.223 e. The second-order valence-corrected chi connectivity index (χ2v) is 3.83. The van der Waals surface area contributed by atoms with Gasteiger partial charge in [0.15, 0.2) is 6.20 Å². The SMILES string of the molecule is [C-]#[N+]/C=C/S(=O)(=O)NC(C)C. The molecule has 0 atom stereocenters. The molecule has 0 aliphatic heterocycles. The van der Waals surface area contributed by atoms with E-state index in [-0.39, 0.29) is 6.04 Å². The fourth-order valence-corrected chi connectivity index (χ4v) is 1.44. The highest BCUT2D eigenvalue weighted by Crippen LogP contribution is 1.90. The first-order chi connectivity index (χ1) is 4.98. The lowest BCUT2D eigenvalue weighted by atomic mass is 10.4.